The Labute approximate surface area is 171 Å². The first-order chi connectivity index (χ1) is 14.1. The van der Waals surface area contributed by atoms with Crippen LogP contribution in [0.5, 0.6) is 5.75 Å². The summed E-state index contributed by atoms with van der Waals surface area (Å²) in [6, 6.07) is 11.7. The number of fused-ring (bicyclic) bond motifs is 1. The van der Waals surface area contributed by atoms with Crippen molar-refractivity contribution in [3.63, 3.8) is 0 Å². The highest BCUT2D eigenvalue weighted by Gasteiger charge is 2.28. The van der Waals surface area contributed by atoms with Crippen LogP contribution in [0.25, 0.3) is 11.0 Å². The van der Waals surface area contributed by atoms with E-state index in [9.17, 15) is 4.79 Å². The molecule has 1 aromatic carbocycles. The number of nitrogens with zero attached hydrogens (tertiary/aromatic N) is 1. The lowest BCUT2D eigenvalue weighted by atomic mass is 9.84. The van der Waals surface area contributed by atoms with E-state index in [-0.39, 0.29) is 5.63 Å². The molecule has 5 heteroatoms. The fourth-order valence-corrected chi connectivity index (χ4v) is 4.55. The third-order valence-corrected chi connectivity index (χ3v) is 5.96. The lowest BCUT2D eigenvalue weighted by molar-refractivity contribution is 0.0903. The molecule has 1 aliphatic carbocycles. The lowest BCUT2D eigenvalue weighted by Gasteiger charge is -2.38. The van der Waals surface area contributed by atoms with Crippen molar-refractivity contribution >= 4 is 11.0 Å². The van der Waals surface area contributed by atoms with Crippen LogP contribution in [-0.4, -0.2) is 17.5 Å². The quantitative estimate of drug-likeness (QED) is 0.504. The molecule has 1 aliphatic rings. The van der Waals surface area contributed by atoms with E-state index in [0.29, 0.717) is 30.7 Å². The van der Waals surface area contributed by atoms with Gasteiger partial charge in [-0.05, 0) is 61.6 Å². The Kier molecular flexibility index (Phi) is 6.05. The number of hydrogen-bond acceptors (Lipinski definition) is 5. The largest absolute Gasteiger partial charge is 0.494 e. The van der Waals surface area contributed by atoms with Gasteiger partial charge < -0.3 is 13.6 Å². The van der Waals surface area contributed by atoms with Gasteiger partial charge in [0.05, 0.1) is 19.4 Å². The fraction of sp³-hybridized carbons (Fsp3) is 0.458. The zero-order valence-corrected chi connectivity index (χ0v) is 17.2. The minimum absolute atomic E-state index is 0.314. The first-order valence-corrected chi connectivity index (χ1v) is 10.6. The Morgan fingerprint density at radius 1 is 1.14 bits per heavy atom. The number of furan rings is 1. The van der Waals surface area contributed by atoms with Crippen molar-refractivity contribution in [1.29, 1.82) is 0 Å². The Morgan fingerprint density at radius 2 is 2.00 bits per heavy atom. The lowest BCUT2D eigenvalue weighted by Crippen LogP contribution is -2.40. The minimum Gasteiger partial charge on any atom is -0.494 e. The van der Waals surface area contributed by atoms with Gasteiger partial charge in [0.1, 0.15) is 17.1 Å². The fourth-order valence-electron chi connectivity index (χ4n) is 4.55. The normalized spacial score (nSPS) is 19.7. The van der Waals surface area contributed by atoms with Gasteiger partial charge in [-0.15, -0.1) is 0 Å². The van der Waals surface area contributed by atoms with E-state index in [2.05, 4.69) is 11.8 Å². The Morgan fingerprint density at radius 3 is 2.76 bits per heavy atom. The molecular formula is C24H29NO4. The van der Waals surface area contributed by atoms with Gasteiger partial charge in [0.2, 0.25) is 0 Å². The third-order valence-electron chi connectivity index (χ3n) is 5.96. The van der Waals surface area contributed by atoms with Crippen LogP contribution in [0.4, 0.5) is 0 Å². The monoisotopic (exact) mass is 395 g/mol. The van der Waals surface area contributed by atoms with Gasteiger partial charge in [-0.1, -0.05) is 19.8 Å². The Balaban J connectivity index is 1.71. The SMILES string of the molecule is CCOc1ccc2oc(=O)cc(CN(Cc3ccco3)[C@@H]3CCCC[C@@H]3C)c2c1. The summed E-state index contributed by atoms with van der Waals surface area (Å²) in [6.07, 6.45) is 6.67. The van der Waals surface area contributed by atoms with Crippen molar-refractivity contribution in [3.05, 3.63) is 64.4 Å². The standard InChI is InChI=1S/C24H29NO4/c1-3-27-19-10-11-23-21(14-19)18(13-24(26)29-23)15-25(16-20-8-6-12-28-20)22-9-5-4-7-17(22)2/h6,8,10-14,17,22H,3-5,7,9,15-16H2,1-2H3/t17-,22+/m0/s1. The Hall–Kier alpha value is -2.53. The van der Waals surface area contributed by atoms with Crippen molar-refractivity contribution in [2.75, 3.05) is 6.61 Å². The van der Waals surface area contributed by atoms with Gasteiger partial charge in [-0.25, -0.2) is 4.79 Å². The summed E-state index contributed by atoms with van der Waals surface area (Å²) in [5.74, 6) is 2.35. The molecule has 2 heterocycles. The number of ether oxygens (including phenoxy) is 1. The van der Waals surface area contributed by atoms with E-state index in [1.807, 2.05) is 37.3 Å². The molecule has 0 unspecified atom stereocenters. The van der Waals surface area contributed by atoms with Crippen LogP contribution < -0.4 is 10.4 Å². The van der Waals surface area contributed by atoms with E-state index in [0.717, 1.165) is 29.0 Å². The van der Waals surface area contributed by atoms with Gasteiger partial charge in [0, 0.05) is 24.0 Å². The van der Waals surface area contributed by atoms with E-state index in [1.54, 1.807) is 12.3 Å². The van der Waals surface area contributed by atoms with Crippen LogP contribution in [0.2, 0.25) is 0 Å². The molecule has 3 aromatic rings. The van der Waals surface area contributed by atoms with Gasteiger partial charge in [0.25, 0.3) is 0 Å². The minimum atomic E-state index is -0.314. The molecular weight excluding hydrogens is 366 g/mol. The number of hydrogen-bond donors (Lipinski definition) is 0. The van der Waals surface area contributed by atoms with Crippen molar-refractivity contribution in [1.82, 2.24) is 4.90 Å². The average molecular weight is 395 g/mol. The predicted molar refractivity (Wildman–Crippen MR) is 113 cm³/mol. The van der Waals surface area contributed by atoms with Crippen LogP contribution in [0, 0.1) is 5.92 Å². The van der Waals surface area contributed by atoms with Gasteiger partial charge in [-0.3, -0.25) is 4.90 Å². The highest BCUT2D eigenvalue weighted by atomic mass is 16.5. The summed E-state index contributed by atoms with van der Waals surface area (Å²) < 4.78 is 16.8. The summed E-state index contributed by atoms with van der Waals surface area (Å²) in [4.78, 5) is 14.7. The zero-order valence-electron chi connectivity index (χ0n) is 17.2. The molecule has 1 saturated carbocycles. The van der Waals surface area contributed by atoms with Crippen LogP contribution in [0.1, 0.15) is 50.9 Å². The number of rotatable bonds is 7. The molecule has 0 radical (unpaired) electrons. The molecule has 29 heavy (non-hydrogen) atoms. The van der Waals surface area contributed by atoms with Crippen LogP contribution >= 0.6 is 0 Å². The van der Waals surface area contributed by atoms with Gasteiger partial charge >= 0.3 is 5.63 Å². The van der Waals surface area contributed by atoms with Crippen molar-refractivity contribution in [2.24, 2.45) is 5.92 Å². The first-order valence-electron chi connectivity index (χ1n) is 10.6. The second-order valence-corrected chi connectivity index (χ2v) is 8.00. The zero-order chi connectivity index (χ0) is 20.2. The first kappa shape index (κ1) is 19.8. The van der Waals surface area contributed by atoms with Crippen LogP contribution in [0.3, 0.4) is 0 Å². The molecule has 5 nitrogen and oxygen atoms in total. The summed E-state index contributed by atoms with van der Waals surface area (Å²) >= 11 is 0. The van der Waals surface area contributed by atoms with Crippen molar-refractivity contribution in [3.8, 4) is 5.75 Å². The molecule has 4 rings (SSSR count). The molecule has 154 valence electrons. The second kappa shape index (κ2) is 8.87. The van der Waals surface area contributed by atoms with Crippen LogP contribution in [-0.2, 0) is 13.1 Å². The number of benzene rings is 1. The predicted octanol–water partition coefficient (Wildman–Crippen LogP) is 5.37. The van der Waals surface area contributed by atoms with Crippen molar-refractivity contribution < 1.29 is 13.6 Å². The molecule has 2 atom stereocenters. The molecule has 0 saturated heterocycles. The topological polar surface area (TPSA) is 55.8 Å². The maximum absolute atomic E-state index is 12.2. The summed E-state index contributed by atoms with van der Waals surface area (Å²) in [7, 11) is 0. The van der Waals surface area contributed by atoms with E-state index < -0.39 is 0 Å². The molecule has 0 aliphatic heterocycles. The highest BCUT2D eigenvalue weighted by molar-refractivity contribution is 5.81. The maximum Gasteiger partial charge on any atom is 0.336 e. The highest BCUT2D eigenvalue weighted by Crippen LogP contribution is 2.32. The maximum atomic E-state index is 12.2. The molecule has 0 spiro atoms. The summed E-state index contributed by atoms with van der Waals surface area (Å²) in [5, 5.41) is 0.934. The third kappa shape index (κ3) is 4.56. The smallest absolute Gasteiger partial charge is 0.336 e. The average Bonchev–Trinajstić information content (AvgIpc) is 3.21. The van der Waals surface area contributed by atoms with Gasteiger partial charge in [-0.2, -0.15) is 0 Å². The van der Waals surface area contributed by atoms with Crippen LogP contribution in [0.15, 0.2) is 56.3 Å². The molecule has 2 aromatic heterocycles. The molecule has 0 amide bonds. The van der Waals surface area contributed by atoms with Gasteiger partial charge in [0.15, 0.2) is 0 Å². The molecule has 0 N–H and O–H groups in total. The second-order valence-electron chi connectivity index (χ2n) is 8.00. The van der Waals surface area contributed by atoms with E-state index >= 15 is 0 Å². The van der Waals surface area contributed by atoms with E-state index in [1.165, 1.54) is 25.7 Å². The summed E-state index contributed by atoms with van der Waals surface area (Å²) in [5.41, 5.74) is 1.26. The van der Waals surface area contributed by atoms with Crippen molar-refractivity contribution in [2.45, 2.75) is 58.7 Å². The molecule has 1 fully saturated rings. The molecule has 0 bridgehead atoms. The summed E-state index contributed by atoms with van der Waals surface area (Å²) in [6.45, 7) is 6.31. The van der Waals surface area contributed by atoms with E-state index in [4.69, 9.17) is 13.6 Å². The Bertz CT molecular complexity index is 992.